The Labute approximate surface area is 157 Å². The quantitative estimate of drug-likeness (QED) is 0.835. The van der Waals surface area contributed by atoms with E-state index in [1.807, 2.05) is 6.92 Å². The van der Waals surface area contributed by atoms with Crippen molar-refractivity contribution in [1.82, 2.24) is 10.2 Å². The second kappa shape index (κ2) is 8.73. The van der Waals surface area contributed by atoms with Crippen molar-refractivity contribution in [3.8, 4) is 17.2 Å². The van der Waals surface area contributed by atoms with E-state index in [-0.39, 0.29) is 43.3 Å². The van der Waals surface area contributed by atoms with E-state index in [0.29, 0.717) is 23.1 Å². The molecule has 6 nitrogen and oxygen atoms in total. The zero-order chi connectivity index (χ0) is 18.0. The Kier molecular flexibility index (Phi) is 6.88. The smallest absolute Gasteiger partial charge is 0.387 e. The van der Waals surface area contributed by atoms with Gasteiger partial charge in [0.25, 0.3) is 0 Å². The third-order valence-electron chi connectivity index (χ3n) is 4.53. The van der Waals surface area contributed by atoms with Crippen molar-refractivity contribution in [3.63, 3.8) is 0 Å². The fourth-order valence-corrected chi connectivity index (χ4v) is 3.30. The summed E-state index contributed by atoms with van der Waals surface area (Å²) in [7, 11) is 1.67. The molecule has 1 amide bonds. The molecule has 0 radical (unpaired) electrons. The fourth-order valence-electron chi connectivity index (χ4n) is 3.30. The maximum atomic E-state index is 12.7. The summed E-state index contributed by atoms with van der Waals surface area (Å²) in [5, 5.41) is 3.31. The van der Waals surface area contributed by atoms with Crippen LogP contribution in [0, 0.1) is 5.92 Å². The Morgan fingerprint density at radius 1 is 1.38 bits per heavy atom. The lowest BCUT2D eigenvalue weighted by molar-refractivity contribution is -0.135. The molecule has 0 aliphatic carbocycles. The van der Waals surface area contributed by atoms with Crippen molar-refractivity contribution >= 4 is 18.3 Å². The molecule has 1 aromatic rings. The molecule has 26 heavy (non-hydrogen) atoms. The number of hydrogen-bond donors (Lipinski definition) is 1. The van der Waals surface area contributed by atoms with E-state index in [0.717, 1.165) is 19.4 Å². The third-order valence-corrected chi connectivity index (χ3v) is 4.53. The minimum absolute atomic E-state index is 0. The maximum Gasteiger partial charge on any atom is 0.387 e. The molecule has 2 aliphatic heterocycles. The van der Waals surface area contributed by atoms with Gasteiger partial charge in [-0.15, -0.1) is 12.4 Å². The average molecular weight is 393 g/mol. The second-order valence-electron chi connectivity index (χ2n) is 6.46. The summed E-state index contributed by atoms with van der Waals surface area (Å²) in [4.78, 5) is 14.2. The first kappa shape index (κ1) is 20.5. The zero-order valence-corrected chi connectivity index (χ0v) is 15.5. The molecule has 1 fully saturated rings. The number of fused-ring (bicyclic) bond motifs is 1. The van der Waals surface area contributed by atoms with Gasteiger partial charge in [0, 0.05) is 37.2 Å². The Bertz CT molecular complexity index is 647. The number of nitrogens with zero attached hydrogens (tertiary/aromatic N) is 1. The topological polar surface area (TPSA) is 60.0 Å². The molecule has 9 heteroatoms. The number of alkyl halides is 2. The first-order chi connectivity index (χ1) is 11.9. The number of ether oxygens (including phenoxy) is 3. The molecule has 1 saturated heterocycles. The molecule has 0 unspecified atom stereocenters. The van der Waals surface area contributed by atoms with Crippen molar-refractivity contribution < 1.29 is 27.8 Å². The van der Waals surface area contributed by atoms with E-state index in [1.165, 1.54) is 6.07 Å². The van der Waals surface area contributed by atoms with Crippen LogP contribution in [0.3, 0.4) is 0 Å². The van der Waals surface area contributed by atoms with E-state index >= 15 is 0 Å². The van der Waals surface area contributed by atoms with Crippen LogP contribution in [0.2, 0.25) is 0 Å². The lowest BCUT2D eigenvalue weighted by atomic mass is 9.92. The van der Waals surface area contributed by atoms with Crippen LogP contribution < -0.4 is 19.5 Å². The minimum atomic E-state index is -2.95. The van der Waals surface area contributed by atoms with Crippen LogP contribution in [0.15, 0.2) is 12.1 Å². The molecule has 2 heterocycles. The highest BCUT2D eigenvalue weighted by Gasteiger charge is 2.28. The average Bonchev–Trinajstić information content (AvgIpc) is 3.01. The van der Waals surface area contributed by atoms with Crippen LogP contribution >= 0.6 is 12.4 Å². The Morgan fingerprint density at radius 3 is 2.73 bits per heavy atom. The van der Waals surface area contributed by atoms with Crippen LogP contribution in [0.5, 0.6) is 17.2 Å². The molecular formula is C17H23ClF2N2O4. The summed E-state index contributed by atoms with van der Waals surface area (Å²) in [6, 6.07) is 3.27. The Morgan fingerprint density at radius 2 is 2.08 bits per heavy atom. The molecule has 0 saturated carbocycles. The molecule has 2 aliphatic rings. The largest absolute Gasteiger partial charge is 0.454 e. The van der Waals surface area contributed by atoms with Gasteiger partial charge in [0.1, 0.15) is 5.75 Å². The predicted octanol–water partition coefficient (Wildman–Crippen LogP) is 2.79. The number of hydrogen-bond acceptors (Lipinski definition) is 5. The molecule has 0 bridgehead atoms. The Balaban J connectivity index is 0.00000243. The van der Waals surface area contributed by atoms with E-state index < -0.39 is 6.61 Å². The van der Waals surface area contributed by atoms with Gasteiger partial charge in [-0.05, 0) is 32.4 Å². The van der Waals surface area contributed by atoms with Gasteiger partial charge in [-0.1, -0.05) is 0 Å². The molecule has 146 valence electrons. The number of piperidine rings is 1. The first-order valence-electron chi connectivity index (χ1n) is 8.29. The lowest BCUT2D eigenvalue weighted by Gasteiger charge is -2.30. The van der Waals surface area contributed by atoms with E-state index in [9.17, 15) is 13.6 Å². The zero-order valence-electron chi connectivity index (χ0n) is 14.7. The first-order valence-corrected chi connectivity index (χ1v) is 8.29. The van der Waals surface area contributed by atoms with Gasteiger partial charge in [0.2, 0.25) is 12.7 Å². The van der Waals surface area contributed by atoms with E-state index in [1.54, 1.807) is 18.0 Å². The minimum Gasteiger partial charge on any atom is -0.454 e. The highest BCUT2D eigenvalue weighted by molar-refractivity contribution is 5.85. The van der Waals surface area contributed by atoms with Gasteiger partial charge in [-0.2, -0.15) is 8.78 Å². The van der Waals surface area contributed by atoms with Crippen molar-refractivity contribution in [2.24, 2.45) is 5.92 Å². The predicted molar refractivity (Wildman–Crippen MR) is 93.1 cm³/mol. The number of amides is 1. The second-order valence-corrected chi connectivity index (χ2v) is 6.46. The number of halogens is 3. The van der Waals surface area contributed by atoms with Gasteiger partial charge in [-0.3, -0.25) is 4.79 Å². The van der Waals surface area contributed by atoms with Gasteiger partial charge in [-0.25, -0.2) is 0 Å². The summed E-state index contributed by atoms with van der Waals surface area (Å²) in [5.41, 5.74) is 0.461. The molecule has 1 N–H and O–H groups in total. The summed E-state index contributed by atoms with van der Waals surface area (Å²) in [6.45, 7) is 0.0938. The number of benzene rings is 1. The standard InChI is InChI=1S/C17H22F2N2O4.ClH/c1-10-5-11(3-4-20-10)16(22)21(2)8-12-6-14-15(24-9-23-14)7-13(12)25-17(18)19;/h6-7,10-11,17,20H,3-5,8-9H2,1-2H3;1H/t10-,11-;/m0./s1. The summed E-state index contributed by atoms with van der Waals surface area (Å²) < 4.78 is 40.5. The molecule has 1 aromatic carbocycles. The summed E-state index contributed by atoms with van der Waals surface area (Å²) in [5.74, 6) is 0.773. The van der Waals surface area contributed by atoms with Crippen molar-refractivity contribution in [3.05, 3.63) is 17.7 Å². The van der Waals surface area contributed by atoms with Crippen molar-refractivity contribution in [2.45, 2.75) is 39.0 Å². The molecule has 0 aromatic heterocycles. The molecule has 2 atom stereocenters. The molecule has 0 spiro atoms. The highest BCUT2D eigenvalue weighted by atomic mass is 35.5. The van der Waals surface area contributed by atoms with Gasteiger partial charge in [0.05, 0.1) is 0 Å². The summed E-state index contributed by atoms with van der Waals surface area (Å²) >= 11 is 0. The fraction of sp³-hybridized carbons (Fsp3) is 0.588. The lowest BCUT2D eigenvalue weighted by Crippen LogP contribution is -2.42. The van der Waals surface area contributed by atoms with Crippen LogP contribution in [-0.4, -0.2) is 43.8 Å². The van der Waals surface area contributed by atoms with Crippen LogP contribution in [0.4, 0.5) is 8.78 Å². The maximum absolute atomic E-state index is 12.7. The Hall–Kier alpha value is -1.80. The van der Waals surface area contributed by atoms with Crippen LogP contribution in [-0.2, 0) is 11.3 Å². The van der Waals surface area contributed by atoms with Crippen molar-refractivity contribution in [2.75, 3.05) is 20.4 Å². The number of carbonyl (C=O) groups is 1. The summed E-state index contributed by atoms with van der Waals surface area (Å²) in [6.07, 6.45) is 1.54. The third kappa shape index (κ3) is 4.67. The molecule has 3 rings (SSSR count). The SMILES string of the molecule is C[C@H]1C[C@@H](C(=O)N(C)Cc2cc3c(cc2OC(F)F)OCO3)CCN1.Cl. The molecular weight excluding hydrogens is 370 g/mol. The highest BCUT2D eigenvalue weighted by Crippen LogP contribution is 2.39. The van der Waals surface area contributed by atoms with Crippen molar-refractivity contribution in [1.29, 1.82) is 0 Å². The van der Waals surface area contributed by atoms with E-state index in [2.05, 4.69) is 10.1 Å². The number of rotatable bonds is 5. The van der Waals surface area contributed by atoms with Crippen LogP contribution in [0.25, 0.3) is 0 Å². The number of carbonyl (C=O) groups excluding carboxylic acids is 1. The number of nitrogens with one attached hydrogen (secondary N) is 1. The van der Waals surface area contributed by atoms with E-state index in [4.69, 9.17) is 9.47 Å². The van der Waals surface area contributed by atoms with Gasteiger partial charge >= 0.3 is 6.61 Å². The normalized spacial score (nSPS) is 21.3. The van der Waals surface area contributed by atoms with Gasteiger partial charge < -0.3 is 24.4 Å². The van der Waals surface area contributed by atoms with Gasteiger partial charge in [0.15, 0.2) is 11.5 Å². The van der Waals surface area contributed by atoms with Crippen LogP contribution in [0.1, 0.15) is 25.3 Å². The monoisotopic (exact) mass is 392 g/mol.